The van der Waals surface area contributed by atoms with Gasteiger partial charge in [0.1, 0.15) is 0 Å². The highest BCUT2D eigenvalue weighted by Gasteiger charge is 2.23. The average Bonchev–Trinajstić information content (AvgIpc) is 3.38. The molecule has 0 aliphatic heterocycles. The third kappa shape index (κ3) is 4.27. The van der Waals surface area contributed by atoms with Crippen LogP contribution in [0.25, 0.3) is 21.0 Å². The van der Waals surface area contributed by atoms with Crippen molar-refractivity contribution in [3.63, 3.8) is 0 Å². The van der Waals surface area contributed by atoms with Crippen LogP contribution in [0.15, 0.2) is 60.1 Å². The monoisotopic (exact) mass is 419 g/mol. The zero-order valence-corrected chi connectivity index (χ0v) is 18.3. The summed E-state index contributed by atoms with van der Waals surface area (Å²) in [6.45, 7) is 3.44. The number of nitrogens with zero attached hydrogens (tertiary/aromatic N) is 1. The minimum atomic E-state index is 0.0493. The van der Waals surface area contributed by atoms with Gasteiger partial charge >= 0.3 is 0 Å². The number of hydrogen-bond acceptors (Lipinski definition) is 3. The van der Waals surface area contributed by atoms with Gasteiger partial charge in [-0.05, 0) is 66.8 Å². The second-order valence-corrected chi connectivity index (χ2v) is 8.72. The summed E-state index contributed by atoms with van der Waals surface area (Å²) in [7, 11) is 0. The van der Waals surface area contributed by atoms with E-state index in [1.54, 1.807) is 11.3 Å². The third-order valence-electron chi connectivity index (χ3n) is 5.86. The number of carbonyl (C=O) groups excluding carboxylic acids is 1. The van der Waals surface area contributed by atoms with E-state index in [1.807, 2.05) is 11.0 Å². The largest absolute Gasteiger partial charge is 0.361 e. The third-order valence-corrected chi connectivity index (χ3v) is 6.85. The van der Waals surface area contributed by atoms with Crippen LogP contribution in [0.3, 0.4) is 0 Å². The molecule has 3 N–H and O–H groups in total. The van der Waals surface area contributed by atoms with Crippen LogP contribution in [0.4, 0.5) is 0 Å². The number of rotatable bonds is 9. The molecule has 2 aromatic heterocycles. The van der Waals surface area contributed by atoms with Crippen molar-refractivity contribution >= 4 is 38.2 Å². The SMILES string of the molecule is CC(c1csc2ccccc12)N(CCCN)C(=O)CCCc1c[nH]c2ccccc12. The van der Waals surface area contributed by atoms with Crippen LogP contribution in [0.1, 0.15) is 43.4 Å². The molecule has 156 valence electrons. The topological polar surface area (TPSA) is 62.1 Å². The fourth-order valence-electron chi connectivity index (χ4n) is 4.20. The Morgan fingerprint density at radius 2 is 1.87 bits per heavy atom. The molecular formula is C25H29N3OS. The predicted octanol–water partition coefficient (Wildman–Crippen LogP) is 5.64. The maximum absolute atomic E-state index is 13.2. The molecule has 1 atom stereocenters. The molecule has 0 radical (unpaired) electrons. The fourth-order valence-corrected chi connectivity index (χ4v) is 5.25. The summed E-state index contributed by atoms with van der Waals surface area (Å²) in [6.07, 6.45) is 5.19. The Balaban J connectivity index is 1.45. The fraction of sp³-hybridized carbons (Fsp3) is 0.320. The first-order valence-electron chi connectivity index (χ1n) is 10.7. The Hall–Kier alpha value is -2.63. The van der Waals surface area contributed by atoms with Crippen molar-refractivity contribution in [2.24, 2.45) is 5.73 Å². The lowest BCUT2D eigenvalue weighted by molar-refractivity contribution is -0.133. The number of benzene rings is 2. The molecule has 1 amide bonds. The molecule has 0 bridgehead atoms. The summed E-state index contributed by atoms with van der Waals surface area (Å²) in [6, 6.07) is 16.8. The lowest BCUT2D eigenvalue weighted by Gasteiger charge is -2.29. The van der Waals surface area contributed by atoms with Crippen LogP contribution in [0, 0.1) is 0 Å². The summed E-state index contributed by atoms with van der Waals surface area (Å²) >= 11 is 1.75. The van der Waals surface area contributed by atoms with Gasteiger partial charge < -0.3 is 15.6 Å². The number of thiophene rings is 1. The van der Waals surface area contributed by atoms with Crippen molar-refractivity contribution in [1.29, 1.82) is 0 Å². The van der Waals surface area contributed by atoms with E-state index in [1.165, 1.54) is 26.6 Å². The number of aromatic amines is 1. The Labute approximate surface area is 181 Å². The van der Waals surface area contributed by atoms with E-state index >= 15 is 0 Å². The number of fused-ring (bicyclic) bond motifs is 2. The molecule has 2 aromatic carbocycles. The summed E-state index contributed by atoms with van der Waals surface area (Å²) in [5, 5.41) is 4.70. The molecule has 1 unspecified atom stereocenters. The van der Waals surface area contributed by atoms with E-state index in [0.29, 0.717) is 19.5 Å². The van der Waals surface area contributed by atoms with Gasteiger partial charge in [-0.1, -0.05) is 36.4 Å². The highest BCUT2D eigenvalue weighted by atomic mass is 32.1. The number of aryl methyl sites for hydroxylation is 1. The zero-order chi connectivity index (χ0) is 20.9. The summed E-state index contributed by atoms with van der Waals surface area (Å²) in [4.78, 5) is 18.5. The molecule has 0 aliphatic carbocycles. The van der Waals surface area contributed by atoms with Crippen LogP contribution in [0.2, 0.25) is 0 Å². The molecule has 5 heteroatoms. The molecule has 0 aliphatic rings. The molecular weight excluding hydrogens is 390 g/mol. The second-order valence-electron chi connectivity index (χ2n) is 7.81. The van der Waals surface area contributed by atoms with Crippen LogP contribution in [-0.4, -0.2) is 28.9 Å². The summed E-state index contributed by atoms with van der Waals surface area (Å²) in [5.74, 6) is 0.214. The normalized spacial score (nSPS) is 12.5. The Morgan fingerprint density at radius 1 is 1.10 bits per heavy atom. The van der Waals surface area contributed by atoms with E-state index in [0.717, 1.165) is 24.8 Å². The van der Waals surface area contributed by atoms with E-state index in [9.17, 15) is 4.79 Å². The molecule has 4 rings (SSSR count). The number of para-hydroxylation sites is 1. The highest BCUT2D eigenvalue weighted by molar-refractivity contribution is 7.17. The highest BCUT2D eigenvalue weighted by Crippen LogP contribution is 2.33. The van der Waals surface area contributed by atoms with Crippen molar-refractivity contribution in [2.75, 3.05) is 13.1 Å². The lowest BCUT2D eigenvalue weighted by Crippen LogP contribution is -2.35. The maximum atomic E-state index is 13.2. The number of hydrogen-bond donors (Lipinski definition) is 2. The molecule has 0 spiro atoms. The van der Waals surface area contributed by atoms with Crippen LogP contribution in [0.5, 0.6) is 0 Å². The quantitative estimate of drug-likeness (QED) is 0.368. The molecule has 0 saturated carbocycles. The van der Waals surface area contributed by atoms with E-state index in [4.69, 9.17) is 5.73 Å². The molecule has 4 nitrogen and oxygen atoms in total. The minimum Gasteiger partial charge on any atom is -0.361 e. The number of nitrogens with two attached hydrogens (primary N) is 1. The minimum absolute atomic E-state index is 0.0493. The smallest absolute Gasteiger partial charge is 0.223 e. The molecule has 0 fully saturated rings. The van der Waals surface area contributed by atoms with Crippen molar-refractivity contribution in [3.8, 4) is 0 Å². The van der Waals surface area contributed by atoms with Crippen LogP contribution < -0.4 is 5.73 Å². The number of nitrogens with one attached hydrogen (secondary N) is 1. The standard InChI is InChI=1S/C25H29N3OS/c1-18(22-17-30-24-12-5-3-10-21(22)24)28(15-7-14-26)25(29)13-6-8-19-16-27-23-11-4-2-9-20(19)23/h2-5,9-12,16-18,27H,6-8,13-15,26H2,1H3. The van der Waals surface area contributed by atoms with Gasteiger partial charge in [0.25, 0.3) is 0 Å². The number of carbonyl (C=O) groups is 1. The predicted molar refractivity (Wildman–Crippen MR) is 127 cm³/mol. The van der Waals surface area contributed by atoms with E-state index < -0.39 is 0 Å². The average molecular weight is 420 g/mol. The van der Waals surface area contributed by atoms with Crippen molar-refractivity contribution in [1.82, 2.24) is 9.88 Å². The van der Waals surface area contributed by atoms with Gasteiger partial charge in [-0.25, -0.2) is 0 Å². The van der Waals surface area contributed by atoms with Gasteiger partial charge in [0, 0.05) is 34.8 Å². The van der Waals surface area contributed by atoms with E-state index in [2.05, 4.69) is 65.9 Å². The summed E-state index contributed by atoms with van der Waals surface area (Å²) in [5.41, 5.74) is 9.43. The van der Waals surface area contributed by atoms with Gasteiger partial charge in [-0.3, -0.25) is 4.79 Å². The number of aromatic nitrogens is 1. The first kappa shape index (κ1) is 20.6. The van der Waals surface area contributed by atoms with Crippen molar-refractivity contribution < 1.29 is 4.79 Å². The lowest BCUT2D eigenvalue weighted by atomic mass is 10.0. The maximum Gasteiger partial charge on any atom is 0.223 e. The number of amides is 1. The zero-order valence-electron chi connectivity index (χ0n) is 17.4. The first-order chi connectivity index (χ1) is 14.7. The molecule has 2 heterocycles. The van der Waals surface area contributed by atoms with Gasteiger partial charge in [-0.2, -0.15) is 0 Å². The van der Waals surface area contributed by atoms with Crippen molar-refractivity contribution in [2.45, 2.75) is 38.6 Å². The van der Waals surface area contributed by atoms with Crippen LogP contribution >= 0.6 is 11.3 Å². The number of H-pyrrole nitrogens is 1. The van der Waals surface area contributed by atoms with Crippen molar-refractivity contribution in [3.05, 3.63) is 71.2 Å². The second kappa shape index (κ2) is 9.45. The molecule has 30 heavy (non-hydrogen) atoms. The molecule has 4 aromatic rings. The Morgan fingerprint density at radius 3 is 2.70 bits per heavy atom. The van der Waals surface area contributed by atoms with E-state index in [-0.39, 0.29) is 11.9 Å². The van der Waals surface area contributed by atoms with Gasteiger partial charge in [0.05, 0.1) is 6.04 Å². The van der Waals surface area contributed by atoms with Gasteiger partial charge in [0.2, 0.25) is 5.91 Å². The van der Waals surface area contributed by atoms with Gasteiger partial charge in [0.15, 0.2) is 0 Å². The Bertz CT molecular complexity index is 1130. The summed E-state index contributed by atoms with van der Waals surface area (Å²) < 4.78 is 1.27. The van der Waals surface area contributed by atoms with Gasteiger partial charge in [-0.15, -0.1) is 11.3 Å². The molecule has 0 saturated heterocycles. The van der Waals surface area contributed by atoms with Crippen LogP contribution in [-0.2, 0) is 11.2 Å². The first-order valence-corrected chi connectivity index (χ1v) is 11.6. The Kier molecular flexibility index (Phi) is 6.50.